The molecule has 0 radical (unpaired) electrons. The highest BCUT2D eigenvalue weighted by Gasteiger charge is 2.48. The van der Waals surface area contributed by atoms with Crippen LogP contribution in [0.5, 0.6) is 0 Å². The van der Waals surface area contributed by atoms with Crippen molar-refractivity contribution >= 4 is 23.7 Å². The zero-order chi connectivity index (χ0) is 16.6. The first-order valence-electron chi connectivity index (χ1n) is 7.47. The lowest BCUT2D eigenvalue weighted by atomic mass is 9.87. The molecule has 0 unspecified atom stereocenters. The zero-order valence-electron chi connectivity index (χ0n) is 13.1. The van der Waals surface area contributed by atoms with Gasteiger partial charge in [0.05, 0.1) is 5.56 Å². The fourth-order valence-corrected chi connectivity index (χ4v) is 2.93. The molecule has 0 atom stereocenters. The number of carbonyl (C=O) groups is 3. The van der Waals surface area contributed by atoms with Crippen LogP contribution in [-0.4, -0.2) is 60.5 Å². The summed E-state index contributed by atoms with van der Waals surface area (Å²) in [5.74, 6) is 0.374. The number of anilines is 1. The highest BCUT2D eigenvalue weighted by atomic mass is 16.2. The van der Waals surface area contributed by atoms with E-state index in [1.54, 1.807) is 23.2 Å². The van der Waals surface area contributed by atoms with Gasteiger partial charge in [-0.3, -0.25) is 14.9 Å². The van der Waals surface area contributed by atoms with Gasteiger partial charge >= 0.3 is 6.03 Å². The van der Waals surface area contributed by atoms with Crippen LogP contribution >= 0.6 is 0 Å². The number of urea groups is 1. The Morgan fingerprint density at radius 1 is 1.26 bits per heavy atom. The van der Waals surface area contributed by atoms with Crippen molar-refractivity contribution in [2.45, 2.75) is 18.4 Å². The van der Waals surface area contributed by atoms with Crippen LogP contribution in [0.15, 0.2) is 18.3 Å². The molecule has 0 aromatic carbocycles. The van der Waals surface area contributed by atoms with Crippen molar-refractivity contribution in [1.29, 1.82) is 0 Å². The molecule has 122 valence electrons. The number of nitrogens with zero attached hydrogens (tertiary/aromatic N) is 3. The number of rotatable bonds is 2. The largest absolute Gasteiger partial charge is 0.363 e. The van der Waals surface area contributed by atoms with Crippen molar-refractivity contribution in [3.8, 4) is 0 Å². The smallest absolute Gasteiger partial charge is 0.322 e. The summed E-state index contributed by atoms with van der Waals surface area (Å²) in [6.07, 6.45) is 2.39. The van der Waals surface area contributed by atoms with E-state index in [-0.39, 0.29) is 11.8 Å². The van der Waals surface area contributed by atoms with Gasteiger partial charge in [-0.05, 0) is 25.0 Å². The molecule has 8 heteroatoms. The number of piperidine rings is 1. The molecule has 1 aromatic heterocycles. The van der Waals surface area contributed by atoms with Crippen molar-refractivity contribution in [2.75, 3.05) is 32.1 Å². The van der Waals surface area contributed by atoms with Gasteiger partial charge in [0, 0.05) is 33.4 Å². The first-order valence-corrected chi connectivity index (χ1v) is 7.47. The summed E-state index contributed by atoms with van der Waals surface area (Å²) in [6.45, 7) is 0.837. The first-order chi connectivity index (χ1) is 10.9. The van der Waals surface area contributed by atoms with E-state index in [2.05, 4.69) is 15.6 Å². The third-order valence-electron chi connectivity index (χ3n) is 4.37. The molecule has 0 bridgehead atoms. The standard InChI is InChI=1S/C15H19N5O3/c1-19(2)11-4-3-10(9-16-11)12(21)20-7-5-15(6-8-20)13(22)17-14(23)18-15/h3-4,9H,5-8H2,1-2H3,(H2,17,18,22,23). The van der Waals surface area contributed by atoms with Gasteiger partial charge in [0.2, 0.25) is 0 Å². The van der Waals surface area contributed by atoms with E-state index < -0.39 is 11.6 Å². The summed E-state index contributed by atoms with van der Waals surface area (Å²) in [5.41, 5.74) is -0.340. The van der Waals surface area contributed by atoms with Gasteiger partial charge < -0.3 is 15.1 Å². The predicted molar refractivity (Wildman–Crippen MR) is 83.1 cm³/mol. The molecule has 23 heavy (non-hydrogen) atoms. The number of pyridine rings is 1. The number of hydrogen-bond acceptors (Lipinski definition) is 5. The minimum Gasteiger partial charge on any atom is -0.363 e. The lowest BCUT2D eigenvalue weighted by Gasteiger charge is -2.36. The van der Waals surface area contributed by atoms with Crippen LogP contribution in [0.2, 0.25) is 0 Å². The van der Waals surface area contributed by atoms with Crippen LogP contribution in [0.1, 0.15) is 23.2 Å². The van der Waals surface area contributed by atoms with Crippen molar-refractivity contribution in [3.63, 3.8) is 0 Å². The van der Waals surface area contributed by atoms with Gasteiger partial charge in [-0.25, -0.2) is 9.78 Å². The molecule has 2 saturated heterocycles. The van der Waals surface area contributed by atoms with Crippen molar-refractivity contribution in [3.05, 3.63) is 23.9 Å². The molecule has 1 aromatic rings. The summed E-state index contributed by atoms with van der Waals surface area (Å²) in [7, 11) is 3.77. The molecule has 2 fully saturated rings. The average Bonchev–Trinajstić information content (AvgIpc) is 2.81. The van der Waals surface area contributed by atoms with E-state index in [0.29, 0.717) is 31.5 Å². The maximum atomic E-state index is 12.5. The summed E-state index contributed by atoms with van der Waals surface area (Å²) in [4.78, 5) is 43.5. The Morgan fingerprint density at radius 3 is 2.43 bits per heavy atom. The van der Waals surface area contributed by atoms with Crippen molar-refractivity contribution in [2.24, 2.45) is 0 Å². The summed E-state index contributed by atoms with van der Waals surface area (Å²) in [5, 5.41) is 4.95. The maximum absolute atomic E-state index is 12.5. The lowest BCUT2D eigenvalue weighted by molar-refractivity contribution is -0.125. The van der Waals surface area contributed by atoms with Gasteiger partial charge in [0.25, 0.3) is 11.8 Å². The molecule has 3 rings (SSSR count). The van der Waals surface area contributed by atoms with E-state index >= 15 is 0 Å². The zero-order valence-corrected chi connectivity index (χ0v) is 13.1. The molecule has 8 nitrogen and oxygen atoms in total. The molecule has 2 N–H and O–H groups in total. The summed E-state index contributed by atoms with van der Waals surface area (Å²) in [6, 6.07) is 3.08. The quantitative estimate of drug-likeness (QED) is 0.747. The second-order valence-corrected chi connectivity index (χ2v) is 6.08. The highest BCUT2D eigenvalue weighted by Crippen LogP contribution is 2.26. The summed E-state index contributed by atoms with van der Waals surface area (Å²) >= 11 is 0. The number of aromatic nitrogens is 1. The Balaban J connectivity index is 1.66. The van der Waals surface area contributed by atoms with Crippen LogP contribution < -0.4 is 15.5 Å². The Labute approximate surface area is 133 Å². The molecular weight excluding hydrogens is 298 g/mol. The van der Waals surface area contributed by atoms with E-state index in [9.17, 15) is 14.4 Å². The second kappa shape index (κ2) is 5.53. The minimum absolute atomic E-state index is 0.109. The van der Waals surface area contributed by atoms with Crippen LogP contribution in [0, 0.1) is 0 Å². The first kappa shape index (κ1) is 15.3. The number of hydrogen-bond donors (Lipinski definition) is 2. The normalized spacial score (nSPS) is 19.5. The second-order valence-electron chi connectivity index (χ2n) is 6.08. The highest BCUT2D eigenvalue weighted by molar-refractivity contribution is 6.07. The number of imide groups is 1. The van der Waals surface area contributed by atoms with Gasteiger partial charge in [0.1, 0.15) is 11.4 Å². The summed E-state index contributed by atoms with van der Waals surface area (Å²) < 4.78 is 0. The average molecular weight is 317 g/mol. The van der Waals surface area contributed by atoms with E-state index in [1.165, 1.54) is 0 Å². The predicted octanol–water partition coefficient (Wildman–Crippen LogP) is -0.0382. The van der Waals surface area contributed by atoms with Crippen LogP contribution in [0.25, 0.3) is 0 Å². The Hall–Kier alpha value is -2.64. The topological polar surface area (TPSA) is 94.6 Å². The van der Waals surface area contributed by atoms with Crippen LogP contribution in [0.4, 0.5) is 10.6 Å². The SMILES string of the molecule is CN(C)c1ccc(C(=O)N2CCC3(CC2)NC(=O)NC3=O)cn1. The van der Waals surface area contributed by atoms with E-state index in [0.717, 1.165) is 5.82 Å². The third-order valence-corrected chi connectivity index (χ3v) is 4.37. The Morgan fingerprint density at radius 2 is 1.96 bits per heavy atom. The van der Waals surface area contributed by atoms with Crippen LogP contribution in [0.3, 0.4) is 0 Å². The fourth-order valence-electron chi connectivity index (χ4n) is 2.93. The molecule has 1 spiro atoms. The van der Waals surface area contributed by atoms with Gasteiger partial charge in [-0.2, -0.15) is 0 Å². The molecule has 4 amide bonds. The molecule has 3 heterocycles. The maximum Gasteiger partial charge on any atom is 0.322 e. The monoisotopic (exact) mass is 317 g/mol. The Kier molecular flexibility index (Phi) is 3.67. The third kappa shape index (κ3) is 2.71. The molecule has 2 aliphatic heterocycles. The van der Waals surface area contributed by atoms with Crippen molar-refractivity contribution < 1.29 is 14.4 Å². The molecule has 0 saturated carbocycles. The minimum atomic E-state index is -0.860. The number of nitrogens with one attached hydrogen (secondary N) is 2. The number of carbonyl (C=O) groups excluding carboxylic acids is 3. The van der Waals surface area contributed by atoms with Gasteiger partial charge in [0.15, 0.2) is 0 Å². The lowest BCUT2D eigenvalue weighted by Crippen LogP contribution is -2.55. The number of amides is 4. The molecule has 2 aliphatic rings. The number of likely N-dealkylation sites (tertiary alicyclic amines) is 1. The van der Waals surface area contributed by atoms with E-state index in [4.69, 9.17) is 0 Å². The van der Waals surface area contributed by atoms with Gasteiger partial charge in [-0.1, -0.05) is 0 Å². The molecular formula is C15H19N5O3. The van der Waals surface area contributed by atoms with Crippen molar-refractivity contribution in [1.82, 2.24) is 20.5 Å². The van der Waals surface area contributed by atoms with Crippen LogP contribution in [-0.2, 0) is 4.79 Å². The van der Waals surface area contributed by atoms with Gasteiger partial charge in [-0.15, -0.1) is 0 Å². The van der Waals surface area contributed by atoms with E-state index in [1.807, 2.05) is 19.0 Å². The Bertz CT molecular complexity index is 648. The molecule has 0 aliphatic carbocycles. The fraction of sp³-hybridized carbons (Fsp3) is 0.467.